The minimum Gasteiger partial charge on any atom is -0.372 e. The maximum absolute atomic E-state index is 12.0. The van der Waals surface area contributed by atoms with Crippen LogP contribution in [0.25, 0.3) is 0 Å². The smallest absolute Gasteiger partial charge is 0.251 e. The van der Waals surface area contributed by atoms with Gasteiger partial charge in [-0.3, -0.25) is 4.79 Å². The minimum atomic E-state index is -0.00454. The van der Waals surface area contributed by atoms with Crippen molar-refractivity contribution in [3.8, 4) is 0 Å². The molecule has 4 heteroatoms. The van der Waals surface area contributed by atoms with Gasteiger partial charge in [0.25, 0.3) is 5.91 Å². The van der Waals surface area contributed by atoms with Crippen molar-refractivity contribution in [1.82, 2.24) is 5.32 Å². The van der Waals surface area contributed by atoms with Crippen LogP contribution in [0.15, 0.2) is 18.2 Å². The standard InChI is InChI=1S/C15H22N2O2/c1-11(8-16)3-2-6-17-15(18)12-4-5-13-9-19-10-14(13)7-12/h4-5,7,11H,2-3,6,8-10,16H2,1H3,(H,17,18). The van der Waals surface area contributed by atoms with Gasteiger partial charge >= 0.3 is 0 Å². The molecule has 1 aliphatic rings. The molecule has 0 bridgehead atoms. The first-order valence-corrected chi connectivity index (χ1v) is 6.88. The van der Waals surface area contributed by atoms with Gasteiger partial charge in [0.05, 0.1) is 13.2 Å². The van der Waals surface area contributed by atoms with Crippen molar-refractivity contribution in [3.63, 3.8) is 0 Å². The van der Waals surface area contributed by atoms with Gasteiger partial charge in [-0.05, 0) is 48.6 Å². The lowest BCUT2D eigenvalue weighted by Crippen LogP contribution is -2.25. The molecule has 19 heavy (non-hydrogen) atoms. The van der Waals surface area contributed by atoms with Crippen LogP contribution in [0.4, 0.5) is 0 Å². The van der Waals surface area contributed by atoms with Crippen LogP contribution in [0.5, 0.6) is 0 Å². The van der Waals surface area contributed by atoms with E-state index in [2.05, 4.69) is 12.2 Å². The predicted octanol–water partition coefficient (Wildman–Crippen LogP) is 1.82. The van der Waals surface area contributed by atoms with Crippen LogP contribution in [0, 0.1) is 5.92 Å². The monoisotopic (exact) mass is 262 g/mol. The molecular formula is C15H22N2O2. The van der Waals surface area contributed by atoms with Gasteiger partial charge < -0.3 is 15.8 Å². The van der Waals surface area contributed by atoms with Gasteiger partial charge in [0.2, 0.25) is 0 Å². The van der Waals surface area contributed by atoms with E-state index in [4.69, 9.17) is 10.5 Å². The van der Waals surface area contributed by atoms with Gasteiger partial charge in [-0.15, -0.1) is 0 Å². The second-order valence-corrected chi connectivity index (χ2v) is 5.22. The van der Waals surface area contributed by atoms with Crippen LogP contribution in [0.3, 0.4) is 0 Å². The van der Waals surface area contributed by atoms with E-state index in [1.54, 1.807) is 0 Å². The molecule has 0 saturated heterocycles. The molecule has 2 rings (SSSR count). The zero-order valence-electron chi connectivity index (χ0n) is 11.4. The largest absolute Gasteiger partial charge is 0.372 e. The third-order valence-electron chi connectivity index (χ3n) is 3.55. The average molecular weight is 262 g/mol. The first-order chi connectivity index (χ1) is 9.20. The topological polar surface area (TPSA) is 64.3 Å². The Labute approximate surface area is 114 Å². The van der Waals surface area contributed by atoms with Crippen molar-refractivity contribution in [2.24, 2.45) is 11.7 Å². The van der Waals surface area contributed by atoms with Crippen molar-refractivity contribution in [2.75, 3.05) is 13.1 Å². The Morgan fingerprint density at radius 1 is 1.42 bits per heavy atom. The summed E-state index contributed by atoms with van der Waals surface area (Å²) in [4.78, 5) is 12.0. The third kappa shape index (κ3) is 3.78. The van der Waals surface area contributed by atoms with Gasteiger partial charge in [0, 0.05) is 12.1 Å². The molecule has 0 saturated carbocycles. The number of nitrogens with two attached hydrogens (primary N) is 1. The quantitative estimate of drug-likeness (QED) is 0.769. The average Bonchev–Trinajstić information content (AvgIpc) is 2.90. The molecule has 0 radical (unpaired) electrons. The lowest BCUT2D eigenvalue weighted by atomic mass is 10.1. The number of ether oxygens (including phenoxy) is 1. The SMILES string of the molecule is CC(CN)CCCNC(=O)c1ccc2c(c1)COC2. The van der Waals surface area contributed by atoms with Crippen LogP contribution in [-0.4, -0.2) is 19.0 Å². The van der Waals surface area contributed by atoms with E-state index in [-0.39, 0.29) is 5.91 Å². The molecule has 1 aliphatic heterocycles. The first kappa shape index (κ1) is 14.0. The minimum absolute atomic E-state index is 0.00454. The van der Waals surface area contributed by atoms with Crippen molar-refractivity contribution in [1.29, 1.82) is 0 Å². The van der Waals surface area contributed by atoms with E-state index < -0.39 is 0 Å². The number of amides is 1. The number of hydrogen-bond acceptors (Lipinski definition) is 3. The predicted molar refractivity (Wildman–Crippen MR) is 74.7 cm³/mol. The fourth-order valence-electron chi connectivity index (χ4n) is 2.19. The number of carbonyl (C=O) groups is 1. The highest BCUT2D eigenvalue weighted by Crippen LogP contribution is 2.20. The number of carbonyl (C=O) groups excluding carboxylic acids is 1. The summed E-state index contributed by atoms with van der Waals surface area (Å²) in [5, 5.41) is 2.95. The molecule has 1 unspecified atom stereocenters. The molecule has 0 fully saturated rings. The van der Waals surface area contributed by atoms with Crippen LogP contribution in [0.2, 0.25) is 0 Å². The highest BCUT2D eigenvalue weighted by Gasteiger charge is 2.14. The molecule has 1 amide bonds. The Hall–Kier alpha value is -1.39. The third-order valence-corrected chi connectivity index (χ3v) is 3.55. The number of rotatable bonds is 6. The number of benzene rings is 1. The van der Waals surface area contributed by atoms with Crippen LogP contribution in [-0.2, 0) is 18.0 Å². The van der Waals surface area contributed by atoms with E-state index in [0.29, 0.717) is 32.2 Å². The molecule has 0 aliphatic carbocycles. The molecule has 3 N–H and O–H groups in total. The van der Waals surface area contributed by atoms with E-state index in [1.807, 2.05) is 18.2 Å². The van der Waals surface area contributed by atoms with E-state index in [1.165, 1.54) is 5.56 Å². The zero-order chi connectivity index (χ0) is 13.7. The molecule has 1 aromatic rings. The molecular weight excluding hydrogens is 240 g/mol. The molecule has 1 atom stereocenters. The number of nitrogens with one attached hydrogen (secondary N) is 1. The molecule has 0 spiro atoms. The number of hydrogen-bond donors (Lipinski definition) is 2. The highest BCUT2D eigenvalue weighted by molar-refractivity contribution is 5.94. The normalized spacial score (nSPS) is 15.1. The molecule has 1 heterocycles. The first-order valence-electron chi connectivity index (χ1n) is 6.88. The summed E-state index contributed by atoms with van der Waals surface area (Å²) >= 11 is 0. The lowest BCUT2D eigenvalue weighted by Gasteiger charge is -2.09. The zero-order valence-corrected chi connectivity index (χ0v) is 11.4. The Morgan fingerprint density at radius 3 is 3.00 bits per heavy atom. The van der Waals surface area contributed by atoms with Crippen LogP contribution < -0.4 is 11.1 Å². The maximum atomic E-state index is 12.0. The molecule has 0 aromatic heterocycles. The lowest BCUT2D eigenvalue weighted by molar-refractivity contribution is 0.0952. The Kier molecular flexibility index (Phi) is 4.93. The Morgan fingerprint density at radius 2 is 2.21 bits per heavy atom. The summed E-state index contributed by atoms with van der Waals surface area (Å²) in [6.07, 6.45) is 2.02. The van der Waals surface area contributed by atoms with E-state index in [9.17, 15) is 4.79 Å². The summed E-state index contributed by atoms with van der Waals surface area (Å²) in [5.74, 6) is 0.518. The van der Waals surface area contributed by atoms with Gasteiger partial charge in [-0.2, -0.15) is 0 Å². The molecule has 104 valence electrons. The summed E-state index contributed by atoms with van der Waals surface area (Å²) in [5.41, 5.74) is 8.59. The summed E-state index contributed by atoms with van der Waals surface area (Å²) < 4.78 is 5.34. The summed E-state index contributed by atoms with van der Waals surface area (Å²) in [7, 11) is 0. The van der Waals surface area contributed by atoms with Crippen molar-refractivity contribution in [3.05, 3.63) is 34.9 Å². The van der Waals surface area contributed by atoms with Crippen molar-refractivity contribution < 1.29 is 9.53 Å². The van der Waals surface area contributed by atoms with E-state index in [0.717, 1.165) is 24.0 Å². The van der Waals surface area contributed by atoms with Crippen LogP contribution >= 0.6 is 0 Å². The van der Waals surface area contributed by atoms with E-state index >= 15 is 0 Å². The maximum Gasteiger partial charge on any atom is 0.251 e. The van der Waals surface area contributed by atoms with Crippen LogP contribution in [0.1, 0.15) is 41.3 Å². The highest BCUT2D eigenvalue weighted by atomic mass is 16.5. The fraction of sp³-hybridized carbons (Fsp3) is 0.533. The second-order valence-electron chi connectivity index (χ2n) is 5.22. The van der Waals surface area contributed by atoms with Crippen molar-refractivity contribution in [2.45, 2.75) is 33.0 Å². The second kappa shape index (κ2) is 6.68. The Balaban J connectivity index is 1.80. The summed E-state index contributed by atoms with van der Waals surface area (Å²) in [6, 6.07) is 5.78. The molecule has 1 aromatic carbocycles. The van der Waals surface area contributed by atoms with Gasteiger partial charge in [0.15, 0.2) is 0 Å². The number of fused-ring (bicyclic) bond motifs is 1. The van der Waals surface area contributed by atoms with Crippen molar-refractivity contribution >= 4 is 5.91 Å². The van der Waals surface area contributed by atoms with Gasteiger partial charge in [-0.1, -0.05) is 13.0 Å². The Bertz CT molecular complexity index is 446. The van der Waals surface area contributed by atoms with Gasteiger partial charge in [-0.25, -0.2) is 0 Å². The fourth-order valence-corrected chi connectivity index (χ4v) is 2.19. The molecule has 4 nitrogen and oxygen atoms in total. The summed E-state index contributed by atoms with van der Waals surface area (Å²) in [6.45, 7) is 4.82. The van der Waals surface area contributed by atoms with Gasteiger partial charge in [0.1, 0.15) is 0 Å².